The van der Waals surface area contributed by atoms with E-state index in [1.54, 1.807) is 11.9 Å². The fourth-order valence-electron chi connectivity index (χ4n) is 2.03. The number of aryl methyl sites for hydroxylation is 1. The van der Waals surface area contributed by atoms with E-state index in [0.717, 1.165) is 5.56 Å². The number of carbonyl (C=O) groups excluding carboxylic acids is 1. The van der Waals surface area contributed by atoms with E-state index >= 15 is 0 Å². The van der Waals surface area contributed by atoms with Crippen molar-refractivity contribution in [1.29, 1.82) is 0 Å². The Balaban J connectivity index is 2.22. The van der Waals surface area contributed by atoms with Gasteiger partial charge in [0.05, 0.1) is 6.04 Å². The van der Waals surface area contributed by atoms with Gasteiger partial charge in [0.15, 0.2) is 0 Å². The number of aromatic nitrogens is 1. The topological polar surface area (TPSA) is 25.2 Å². The van der Waals surface area contributed by atoms with E-state index < -0.39 is 0 Å². The van der Waals surface area contributed by atoms with E-state index in [1.807, 2.05) is 61.1 Å². The molecule has 0 aliphatic heterocycles. The van der Waals surface area contributed by atoms with Crippen LogP contribution in [0.4, 0.5) is 0 Å². The molecule has 0 saturated heterocycles. The zero-order valence-corrected chi connectivity index (χ0v) is 12.1. The third-order valence-corrected chi connectivity index (χ3v) is 3.63. The van der Waals surface area contributed by atoms with Gasteiger partial charge in [-0.3, -0.25) is 4.79 Å². The molecule has 100 valence electrons. The minimum Gasteiger partial charge on any atom is -0.347 e. The van der Waals surface area contributed by atoms with Crippen LogP contribution in [-0.2, 0) is 7.05 Å². The molecule has 1 aromatic carbocycles. The Kier molecular flexibility index (Phi) is 3.96. The first-order chi connectivity index (χ1) is 9.00. The summed E-state index contributed by atoms with van der Waals surface area (Å²) < 4.78 is 1.82. The molecular weight excluding hydrogens is 260 g/mol. The molecule has 0 aliphatic rings. The molecule has 0 saturated carbocycles. The highest BCUT2D eigenvalue weighted by molar-refractivity contribution is 6.30. The summed E-state index contributed by atoms with van der Waals surface area (Å²) >= 11 is 5.99. The molecule has 2 rings (SSSR count). The summed E-state index contributed by atoms with van der Waals surface area (Å²) in [5.74, 6) is -0.0000227. The summed E-state index contributed by atoms with van der Waals surface area (Å²) in [6.07, 6.45) is 1.87. The van der Waals surface area contributed by atoms with E-state index in [9.17, 15) is 4.79 Å². The fourth-order valence-corrected chi connectivity index (χ4v) is 2.23. The maximum Gasteiger partial charge on any atom is 0.270 e. The number of halogens is 1. The predicted octanol–water partition coefficient (Wildman–Crippen LogP) is 3.51. The van der Waals surface area contributed by atoms with E-state index in [1.165, 1.54) is 0 Å². The highest BCUT2D eigenvalue weighted by Gasteiger charge is 2.20. The van der Waals surface area contributed by atoms with Gasteiger partial charge in [0.25, 0.3) is 5.91 Å². The average Bonchev–Trinajstić information content (AvgIpc) is 2.82. The second kappa shape index (κ2) is 5.49. The lowest BCUT2D eigenvalue weighted by atomic mass is 10.1. The van der Waals surface area contributed by atoms with Crippen molar-refractivity contribution in [2.24, 2.45) is 7.05 Å². The first kappa shape index (κ1) is 13.7. The van der Waals surface area contributed by atoms with Crippen LogP contribution in [0.25, 0.3) is 0 Å². The minimum atomic E-state index is -0.0268. The largest absolute Gasteiger partial charge is 0.347 e. The Bertz CT molecular complexity index is 591. The molecule has 1 atom stereocenters. The molecule has 19 heavy (non-hydrogen) atoms. The van der Waals surface area contributed by atoms with Gasteiger partial charge in [-0.2, -0.15) is 0 Å². The predicted molar refractivity (Wildman–Crippen MR) is 77.4 cm³/mol. The quantitative estimate of drug-likeness (QED) is 0.842. The van der Waals surface area contributed by atoms with Crippen molar-refractivity contribution in [3.05, 3.63) is 58.9 Å². The number of benzene rings is 1. The third kappa shape index (κ3) is 2.82. The van der Waals surface area contributed by atoms with Crippen LogP contribution in [0, 0.1) is 0 Å². The van der Waals surface area contributed by atoms with Crippen molar-refractivity contribution in [2.45, 2.75) is 13.0 Å². The van der Waals surface area contributed by atoms with Crippen LogP contribution in [-0.4, -0.2) is 22.4 Å². The Hall–Kier alpha value is -1.74. The van der Waals surface area contributed by atoms with E-state index in [-0.39, 0.29) is 11.9 Å². The van der Waals surface area contributed by atoms with Crippen LogP contribution in [0.3, 0.4) is 0 Å². The molecule has 0 N–H and O–H groups in total. The van der Waals surface area contributed by atoms with Gasteiger partial charge in [-0.1, -0.05) is 23.7 Å². The summed E-state index contributed by atoms with van der Waals surface area (Å²) in [6.45, 7) is 1.99. The summed E-state index contributed by atoms with van der Waals surface area (Å²) in [4.78, 5) is 14.1. The maximum atomic E-state index is 12.4. The van der Waals surface area contributed by atoms with Gasteiger partial charge in [0.2, 0.25) is 0 Å². The molecule has 2 aromatic rings. The number of carbonyl (C=O) groups is 1. The number of rotatable bonds is 3. The molecule has 0 radical (unpaired) electrons. The zero-order chi connectivity index (χ0) is 14.0. The van der Waals surface area contributed by atoms with Gasteiger partial charge in [-0.15, -0.1) is 0 Å². The summed E-state index contributed by atoms with van der Waals surface area (Å²) in [7, 11) is 3.67. The molecule has 3 nitrogen and oxygen atoms in total. The van der Waals surface area contributed by atoms with Gasteiger partial charge in [-0.05, 0) is 36.8 Å². The summed E-state index contributed by atoms with van der Waals surface area (Å²) in [6, 6.07) is 11.3. The van der Waals surface area contributed by atoms with Crippen LogP contribution in [0.2, 0.25) is 5.02 Å². The molecule has 1 heterocycles. The Labute approximate surface area is 118 Å². The Morgan fingerprint density at radius 1 is 1.32 bits per heavy atom. The summed E-state index contributed by atoms with van der Waals surface area (Å²) in [5.41, 5.74) is 1.70. The van der Waals surface area contributed by atoms with Gasteiger partial charge < -0.3 is 9.47 Å². The number of amides is 1. The first-order valence-corrected chi connectivity index (χ1v) is 6.52. The second-order valence-corrected chi connectivity index (χ2v) is 5.09. The standard InChI is InChI=1S/C15H17ClN2O/c1-11(12-6-4-7-13(16)10-12)18(3)15(19)14-8-5-9-17(14)2/h4-11H,1-3H3. The monoisotopic (exact) mass is 276 g/mol. The van der Waals surface area contributed by atoms with E-state index in [0.29, 0.717) is 10.7 Å². The van der Waals surface area contributed by atoms with Crippen LogP contribution in [0.15, 0.2) is 42.6 Å². The lowest BCUT2D eigenvalue weighted by molar-refractivity contribution is 0.0733. The first-order valence-electron chi connectivity index (χ1n) is 6.14. The van der Waals surface area contributed by atoms with Gasteiger partial charge >= 0.3 is 0 Å². The average molecular weight is 277 g/mol. The van der Waals surface area contributed by atoms with Crippen LogP contribution in [0.1, 0.15) is 29.0 Å². The van der Waals surface area contributed by atoms with E-state index in [4.69, 9.17) is 11.6 Å². The number of nitrogens with zero attached hydrogens (tertiary/aromatic N) is 2. The minimum absolute atomic E-state index is 0.0000227. The van der Waals surface area contributed by atoms with Crippen molar-refractivity contribution < 1.29 is 4.79 Å². The molecule has 0 aliphatic carbocycles. The van der Waals surface area contributed by atoms with Crippen molar-refractivity contribution >= 4 is 17.5 Å². The van der Waals surface area contributed by atoms with Crippen molar-refractivity contribution in [2.75, 3.05) is 7.05 Å². The molecule has 1 unspecified atom stereocenters. The number of hydrogen-bond donors (Lipinski definition) is 0. The molecule has 1 aromatic heterocycles. The SMILES string of the molecule is CC(c1cccc(Cl)c1)N(C)C(=O)c1cccn1C. The zero-order valence-electron chi connectivity index (χ0n) is 11.3. The van der Waals surface area contributed by atoms with Crippen LogP contribution in [0.5, 0.6) is 0 Å². The molecular formula is C15H17ClN2O. The van der Waals surface area contributed by atoms with Crippen molar-refractivity contribution in [3.8, 4) is 0 Å². The smallest absolute Gasteiger partial charge is 0.270 e. The number of hydrogen-bond acceptors (Lipinski definition) is 1. The summed E-state index contributed by atoms with van der Waals surface area (Å²) in [5, 5.41) is 0.684. The normalized spacial score (nSPS) is 12.2. The molecule has 1 amide bonds. The molecule has 4 heteroatoms. The molecule has 0 bridgehead atoms. The lowest BCUT2D eigenvalue weighted by Gasteiger charge is -2.25. The van der Waals surface area contributed by atoms with Crippen molar-refractivity contribution in [1.82, 2.24) is 9.47 Å². The highest BCUT2D eigenvalue weighted by Crippen LogP contribution is 2.23. The van der Waals surface area contributed by atoms with Crippen LogP contribution >= 0.6 is 11.6 Å². The fraction of sp³-hybridized carbons (Fsp3) is 0.267. The molecule has 0 fully saturated rings. The van der Waals surface area contributed by atoms with Crippen LogP contribution < -0.4 is 0 Å². The van der Waals surface area contributed by atoms with Gasteiger partial charge in [-0.25, -0.2) is 0 Å². The Morgan fingerprint density at radius 2 is 2.05 bits per heavy atom. The lowest BCUT2D eigenvalue weighted by Crippen LogP contribution is -2.30. The van der Waals surface area contributed by atoms with E-state index in [2.05, 4.69) is 0 Å². The second-order valence-electron chi connectivity index (χ2n) is 4.65. The van der Waals surface area contributed by atoms with Gasteiger partial charge in [0, 0.05) is 25.3 Å². The maximum absolute atomic E-state index is 12.4. The molecule has 0 spiro atoms. The van der Waals surface area contributed by atoms with Gasteiger partial charge in [0.1, 0.15) is 5.69 Å². The Morgan fingerprint density at radius 3 is 2.63 bits per heavy atom. The highest BCUT2D eigenvalue weighted by atomic mass is 35.5. The van der Waals surface area contributed by atoms with Crippen molar-refractivity contribution in [3.63, 3.8) is 0 Å². The third-order valence-electron chi connectivity index (χ3n) is 3.40.